The molecule has 0 radical (unpaired) electrons. The van der Waals surface area contributed by atoms with Crippen molar-refractivity contribution in [3.8, 4) is 0 Å². The third kappa shape index (κ3) is 3.46. The van der Waals surface area contributed by atoms with E-state index in [0.717, 1.165) is 6.07 Å². The molecule has 2 aromatic carbocycles. The zero-order valence-electron chi connectivity index (χ0n) is 10.8. The highest BCUT2D eigenvalue weighted by Crippen LogP contribution is 2.30. The van der Waals surface area contributed by atoms with Crippen LogP contribution in [0.15, 0.2) is 51.5 Å². The van der Waals surface area contributed by atoms with Crippen LogP contribution in [0.1, 0.15) is 0 Å². The van der Waals surface area contributed by atoms with Gasteiger partial charge in [-0.15, -0.1) is 10.2 Å². The maximum absolute atomic E-state index is 11.3. The number of nitrogens with two attached hydrogens (primary N) is 3. The summed E-state index contributed by atoms with van der Waals surface area (Å²) in [5, 5.41) is 7.63. The normalized spacial score (nSPS) is 11.9. The van der Waals surface area contributed by atoms with Crippen molar-refractivity contribution in [3.05, 3.63) is 36.4 Å². The SMILES string of the molecule is Nc1ccc(N=Nc2ccc(N)cc2S(=O)(=O)O)c(N)c1. The molecular formula is C12H13N5O3S. The number of hydrogen-bond acceptors (Lipinski definition) is 7. The minimum Gasteiger partial charge on any atom is -0.399 e. The Morgan fingerprint density at radius 1 is 0.857 bits per heavy atom. The zero-order valence-corrected chi connectivity index (χ0v) is 11.6. The molecule has 9 heteroatoms. The van der Waals surface area contributed by atoms with Crippen molar-refractivity contribution < 1.29 is 13.0 Å². The van der Waals surface area contributed by atoms with Gasteiger partial charge in [0, 0.05) is 11.4 Å². The summed E-state index contributed by atoms with van der Waals surface area (Å²) in [7, 11) is -4.46. The lowest BCUT2D eigenvalue weighted by Crippen LogP contribution is -1.99. The Bertz CT molecular complexity index is 818. The van der Waals surface area contributed by atoms with Gasteiger partial charge in [0.1, 0.15) is 16.3 Å². The summed E-state index contributed by atoms with van der Waals surface area (Å²) < 4.78 is 31.7. The van der Waals surface area contributed by atoms with E-state index < -0.39 is 15.0 Å². The van der Waals surface area contributed by atoms with Gasteiger partial charge in [-0.1, -0.05) is 0 Å². The first kappa shape index (κ1) is 14.8. The van der Waals surface area contributed by atoms with E-state index in [1.165, 1.54) is 18.2 Å². The zero-order chi connectivity index (χ0) is 15.6. The third-order valence-electron chi connectivity index (χ3n) is 2.58. The minimum absolute atomic E-state index is 0.0528. The van der Waals surface area contributed by atoms with Crippen LogP contribution in [0.2, 0.25) is 0 Å². The summed E-state index contributed by atoms with van der Waals surface area (Å²) >= 11 is 0. The Kier molecular flexibility index (Phi) is 3.78. The smallest absolute Gasteiger partial charge is 0.296 e. The second kappa shape index (κ2) is 5.38. The van der Waals surface area contributed by atoms with Crippen LogP contribution in [0.4, 0.5) is 28.4 Å². The van der Waals surface area contributed by atoms with Gasteiger partial charge in [-0.25, -0.2) is 0 Å². The number of rotatable bonds is 3. The van der Waals surface area contributed by atoms with Crippen LogP contribution < -0.4 is 17.2 Å². The van der Waals surface area contributed by atoms with Crippen molar-refractivity contribution in [3.63, 3.8) is 0 Å². The van der Waals surface area contributed by atoms with Crippen molar-refractivity contribution in [1.82, 2.24) is 0 Å². The maximum atomic E-state index is 11.3. The lowest BCUT2D eigenvalue weighted by atomic mass is 10.2. The second-order valence-electron chi connectivity index (χ2n) is 4.22. The lowest BCUT2D eigenvalue weighted by molar-refractivity contribution is 0.483. The van der Waals surface area contributed by atoms with Crippen molar-refractivity contribution in [2.24, 2.45) is 10.2 Å². The predicted octanol–water partition coefficient (Wildman–Crippen LogP) is 2.10. The van der Waals surface area contributed by atoms with Gasteiger partial charge < -0.3 is 17.2 Å². The van der Waals surface area contributed by atoms with Crippen LogP contribution in [0.3, 0.4) is 0 Å². The molecule has 7 N–H and O–H groups in total. The van der Waals surface area contributed by atoms with Crippen LogP contribution in [-0.2, 0) is 10.1 Å². The Hall–Kier alpha value is -2.65. The summed E-state index contributed by atoms with van der Waals surface area (Å²) in [5.74, 6) is 0. The van der Waals surface area contributed by atoms with Gasteiger partial charge >= 0.3 is 0 Å². The van der Waals surface area contributed by atoms with Gasteiger partial charge in [-0.2, -0.15) is 8.42 Å². The molecule has 0 bridgehead atoms. The Balaban J connectivity index is 2.46. The summed E-state index contributed by atoms with van der Waals surface area (Å²) in [6, 6.07) is 8.48. The van der Waals surface area contributed by atoms with Gasteiger partial charge in [-0.05, 0) is 36.4 Å². The molecule has 0 saturated heterocycles. The number of anilines is 3. The van der Waals surface area contributed by atoms with Gasteiger partial charge in [-0.3, -0.25) is 4.55 Å². The maximum Gasteiger partial charge on any atom is 0.296 e. The van der Waals surface area contributed by atoms with E-state index in [2.05, 4.69) is 10.2 Å². The van der Waals surface area contributed by atoms with Gasteiger partial charge in [0.15, 0.2) is 0 Å². The first-order valence-corrected chi connectivity index (χ1v) is 7.15. The van der Waals surface area contributed by atoms with Crippen molar-refractivity contribution in [2.45, 2.75) is 4.90 Å². The Morgan fingerprint density at radius 3 is 1.95 bits per heavy atom. The fourth-order valence-electron chi connectivity index (χ4n) is 1.59. The third-order valence-corrected chi connectivity index (χ3v) is 3.46. The average molecular weight is 307 g/mol. The summed E-state index contributed by atoms with van der Waals surface area (Å²) in [4.78, 5) is -0.430. The number of hydrogen-bond donors (Lipinski definition) is 4. The molecule has 0 amide bonds. The molecule has 0 aliphatic heterocycles. The second-order valence-corrected chi connectivity index (χ2v) is 5.61. The van der Waals surface area contributed by atoms with Crippen LogP contribution in [0.5, 0.6) is 0 Å². The van der Waals surface area contributed by atoms with E-state index in [1.54, 1.807) is 12.1 Å². The van der Waals surface area contributed by atoms with Crippen LogP contribution in [0, 0.1) is 0 Å². The van der Waals surface area contributed by atoms with Crippen LogP contribution in [-0.4, -0.2) is 13.0 Å². The van der Waals surface area contributed by atoms with E-state index in [1.807, 2.05) is 0 Å². The molecule has 110 valence electrons. The first-order chi connectivity index (χ1) is 9.77. The highest BCUT2D eigenvalue weighted by molar-refractivity contribution is 7.86. The molecule has 0 aliphatic carbocycles. The summed E-state index contributed by atoms with van der Waals surface area (Å²) in [6.45, 7) is 0. The lowest BCUT2D eigenvalue weighted by Gasteiger charge is -2.04. The molecule has 0 heterocycles. The molecule has 0 atom stereocenters. The van der Waals surface area contributed by atoms with Crippen molar-refractivity contribution in [2.75, 3.05) is 17.2 Å². The predicted molar refractivity (Wildman–Crippen MR) is 80.1 cm³/mol. The minimum atomic E-state index is -4.46. The standard InChI is InChI=1S/C12H13N5O3S/c13-7-1-3-10(9(15)5-7)16-17-11-4-2-8(14)6-12(11)21(18,19)20/h1-6H,13-15H2,(H,18,19,20). The molecule has 8 nitrogen and oxygen atoms in total. The van der Waals surface area contributed by atoms with Gasteiger partial charge in [0.05, 0.1) is 5.69 Å². The largest absolute Gasteiger partial charge is 0.399 e. The fourth-order valence-corrected chi connectivity index (χ4v) is 2.25. The molecule has 0 spiro atoms. The van der Waals surface area contributed by atoms with Crippen molar-refractivity contribution in [1.29, 1.82) is 0 Å². The molecule has 2 aromatic rings. The molecule has 0 saturated carbocycles. The molecule has 0 aromatic heterocycles. The van der Waals surface area contributed by atoms with E-state index in [4.69, 9.17) is 21.8 Å². The topological polar surface area (TPSA) is 157 Å². The number of azo groups is 1. The van der Waals surface area contributed by atoms with Crippen LogP contribution >= 0.6 is 0 Å². The van der Waals surface area contributed by atoms with E-state index in [9.17, 15) is 8.42 Å². The summed E-state index contributed by atoms with van der Waals surface area (Å²) in [5.41, 5.74) is 18.0. The van der Waals surface area contributed by atoms with Gasteiger partial charge in [0.2, 0.25) is 0 Å². The van der Waals surface area contributed by atoms with Crippen molar-refractivity contribution >= 4 is 38.6 Å². The summed E-state index contributed by atoms with van der Waals surface area (Å²) in [6.07, 6.45) is 0. The van der Waals surface area contributed by atoms with E-state index in [-0.39, 0.29) is 11.4 Å². The van der Waals surface area contributed by atoms with Crippen LogP contribution in [0.25, 0.3) is 0 Å². The first-order valence-electron chi connectivity index (χ1n) is 5.71. The highest BCUT2D eigenvalue weighted by atomic mass is 32.2. The number of nitrogen functional groups attached to an aromatic ring is 3. The molecule has 2 rings (SSSR count). The quantitative estimate of drug-likeness (QED) is 0.386. The van der Waals surface area contributed by atoms with E-state index >= 15 is 0 Å². The number of nitrogens with zero attached hydrogens (tertiary/aromatic N) is 2. The molecule has 0 unspecified atom stereocenters. The van der Waals surface area contributed by atoms with Gasteiger partial charge in [0.25, 0.3) is 10.1 Å². The fraction of sp³-hybridized carbons (Fsp3) is 0. The molecule has 21 heavy (non-hydrogen) atoms. The monoisotopic (exact) mass is 307 g/mol. The van der Waals surface area contributed by atoms with E-state index in [0.29, 0.717) is 17.1 Å². The number of benzene rings is 2. The Morgan fingerprint density at radius 2 is 1.38 bits per heavy atom. The molecule has 0 fully saturated rings. The molecule has 0 aliphatic rings. The molecular weight excluding hydrogens is 294 g/mol. The average Bonchev–Trinajstić information content (AvgIpc) is 2.38. The Labute approximate surface area is 121 Å². The highest BCUT2D eigenvalue weighted by Gasteiger charge is 2.16.